The lowest BCUT2D eigenvalue weighted by molar-refractivity contribution is 0.204. The molecule has 2 N–H and O–H groups in total. The fourth-order valence-electron chi connectivity index (χ4n) is 1.98. The van der Waals surface area contributed by atoms with E-state index in [1.807, 2.05) is 6.92 Å². The van der Waals surface area contributed by atoms with Crippen LogP contribution in [0.25, 0.3) is 0 Å². The number of hydrogen-bond donors (Lipinski definition) is 2. The maximum Gasteiger partial charge on any atom is 0.0582 e. The first kappa shape index (κ1) is 10.0. The third-order valence-corrected chi connectivity index (χ3v) is 2.88. The fourth-order valence-corrected chi connectivity index (χ4v) is 1.98. The van der Waals surface area contributed by atoms with Gasteiger partial charge >= 0.3 is 0 Å². The van der Waals surface area contributed by atoms with Gasteiger partial charge in [-0.25, -0.2) is 0 Å². The zero-order valence-electron chi connectivity index (χ0n) is 8.21. The molecule has 0 aromatic heterocycles. The van der Waals surface area contributed by atoms with Crippen LogP contribution in [0.5, 0.6) is 0 Å². The van der Waals surface area contributed by atoms with E-state index in [2.05, 4.69) is 12.2 Å². The van der Waals surface area contributed by atoms with Crippen molar-refractivity contribution in [3.05, 3.63) is 0 Å². The molecule has 0 radical (unpaired) electrons. The molecule has 72 valence electrons. The van der Waals surface area contributed by atoms with Crippen molar-refractivity contribution in [2.24, 2.45) is 5.92 Å². The highest BCUT2D eigenvalue weighted by atomic mass is 16.3. The Morgan fingerprint density at radius 2 is 2.08 bits per heavy atom. The minimum Gasteiger partial charge on any atom is -0.395 e. The van der Waals surface area contributed by atoms with E-state index in [0.29, 0.717) is 6.04 Å². The molecule has 1 fully saturated rings. The van der Waals surface area contributed by atoms with Gasteiger partial charge in [0.25, 0.3) is 0 Å². The van der Waals surface area contributed by atoms with Crippen LogP contribution in [0.15, 0.2) is 0 Å². The van der Waals surface area contributed by atoms with Crippen molar-refractivity contribution in [2.75, 3.05) is 6.61 Å². The summed E-state index contributed by atoms with van der Waals surface area (Å²) in [7, 11) is 0. The van der Waals surface area contributed by atoms with Gasteiger partial charge in [-0.2, -0.15) is 0 Å². The second kappa shape index (κ2) is 4.83. The molecule has 2 unspecified atom stereocenters. The number of nitrogens with one attached hydrogen (secondary N) is 1. The first-order chi connectivity index (χ1) is 5.74. The third-order valence-electron chi connectivity index (χ3n) is 2.88. The largest absolute Gasteiger partial charge is 0.395 e. The number of hydrogen-bond acceptors (Lipinski definition) is 2. The maximum absolute atomic E-state index is 8.89. The van der Waals surface area contributed by atoms with E-state index >= 15 is 0 Å². The minimum absolute atomic E-state index is 0.253. The lowest BCUT2D eigenvalue weighted by Crippen LogP contribution is -2.43. The molecule has 12 heavy (non-hydrogen) atoms. The second-order valence-electron chi connectivity index (χ2n) is 4.12. The van der Waals surface area contributed by atoms with Crippen molar-refractivity contribution in [1.82, 2.24) is 5.32 Å². The van der Waals surface area contributed by atoms with Crippen LogP contribution in [0.2, 0.25) is 0 Å². The van der Waals surface area contributed by atoms with Crippen LogP contribution in [0, 0.1) is 5.92 Å². The van der Waals surface area contributed by atoms with Crippen LogP contribution in [0.4, 0.5) is 0 Å². The van der Waals surface area contributed by atoms with Crippen LogP contribution in [0.1, 0.15) is 39.5 Å². The number of aliphatic hydroxyl groups is 1. The molecule has 2 heteroatoms. The molecule has 1 aliphatic rings. The first-order valence-corrected chi connectivity index (χ1v) is 5.11. The average molecular weight is 171 g/mol. The van der Waals surface area contributed by atoms with E-state index in [1.165, 1.54) is 25.7 Å². The summed E-state index contributed by atoms with van der Waals surface area (Å²) in [6.07, 6.45) is 5.36. The molecular weight excluding hydrogens is 150 g/mol. The highest BCUT2D eigenvalue weighted by molar-refractivity contribution is 4.79. The molecule has 0 bridgehead atoms. The van der Waals surface area contributed by atoms with E-state index in [4.69, 9.17) is 5.11 Å². The molecule has 0 aromatic rings. The number of rotatable bonds is 3. The zero-order valence-corrected chi connectivity index (χ0v) is 8.21. The Hall–Kier alpha value is -0.0800. The molecular formula is C10H21NO. The van der Waals surface area contributed by atoms with Crippen LogP contribution >= 0.6 is 0 Å². The molecule has 1 saturated carbocycles. The van der Waals surface area contributed by atoms with Crippen molar-refractivity contribution >= 4 is 0 Å². The van der Waals surface area contributed by atoms with Gasteiger partial charge < -0.3 is 10.4 Å². The third kappa shape index (κ3) is 2.76. The van der Waals surface area contributed by atoms with Crippen LogP contribution < -0.4 is 5.32 Å². The first-order valence-electron chi connectivity index (χ1n) is 5.11. The van der Waals surface area contributed by atoms with Crippen LogP contribution in [-0.2, 0) is 0 Å². The Kier molecular flexibility index (Phi) is 4.02. The Labute approximate surface area is 75.4 Å². The Morgan fingerprint density at radius 3 is 2.67 bits per heavy atom. The van der Waals surface area contributed by atoms with Gasteiger partial charge in [-0.1, -0.05) is 19.8 Å². The number of aliphatic hydroxyl groups excluding tert-OH is 1. The van der Waals surface area contributed by atoms with Gasteiger partial charge in [0.1, 0.15) is 0 Å². The lowest BCUT2D eigenvalue weighted by Gasteiger charge is -2.31. The molecule has 0 spiro atoms. The zero-order chi connectivity index (χ0) is 8.97. The van der Waals surface area contributed by atoms with E-state index in [0.717, 1.165) is 5.92 Å². The van der Waals surface area contributed by atoms with Gasteiger partial charge in [0.15, 0.2) is 0 Å². The van der Waals surface area contributed by atoms with Crippen molar-refractivity contribution in [1.29, 1.82) is 0 Å². The van der Waals surface area contributed by atoms with E-state index in [9.17, 15) is 0 Å². The van der Waals surface area contributed by atoms with Gasteiger partial charge in [0.2, 0.25) is 0 Å². The van der Waals surface area contributed by atoms with Gasteiger partial charge in [-0.05, 0) is 25.7 Å². The van der Waals surface area contributed by atoms with Crippen molar-refractivity contribution < 1.29 is 5.11 Å². The molecule has 0 amide bonds. The van der Waals surface area contributed by atoms with Gasteiger partial charge in [0.05, 0.1) is 6.61 Å². The van der Waals surface area contributed by atoms with Gasteiger partial charge in [0, 0.05) is 12.1 Å². The molecule has 1 rings (SSSR count). The summed E-state index contributed by atoms with van der Waals surface area (Å²) in [4.78, 5) is 0. The van der Waals surface area contributed by atoms with E-state index in [-0.39, 0.29) is 12.6 Å². The van der Waals surface area contributed by atoms with Crippen molar-refractivity contribution in [3.8, 4) is 0 Å². The predicted molar refractivity (Wildman–Crippen MR) is 51.1 cm³/mol. The highest BCUT2D eigenvalue weighted by Gasteiger charge is 2.21. The predicted octanol–water partition coefficient (Wildman–Crippen LogP) is 1.54. The summed E-state index contributed by atoms with van der Waals surface area (Å²) in [6, 6.07) is 0.899. The second-order valence-corrected chi connectivity index (χ2v) is 4.12. The topological polar surface area (TPSA) is 32.3 Å². The van der Waals surface area contributed by atoms with Crippen LogP contribution in [-0.4, -0.2) is 23.8 Å². The maximum atomic E-state index is 8.89. The minimum atomic E-state index is 0.253. The summed E-state index contributed by atoms with van der Waals surface area (Å²) in [6.45, 7) is 4.60. The molecule has 3 atom stereocenters. The quantitative estimate of drug-likeness (QED) is 0.675. The molecule has 2 nitrogen and oxygen atoms in total. The molecule has 0 saturated heterocycles. The molecule has 0 aromatic carbocycles. The van der Waals surface area contributed by atoms with Gasteiger partial charge in [-0.3, -0.25) is 0 Å². The normalized spacial score (nSPS) is 33.2. The average Bonchev–Trinajstić information content (AvgIpc) is 2.09. The SMILES string of the molecule is CC1CCCCC1N[C@H](C)CO. The summed E-state index contributed by atoms with van der Waals surface area (Å²) in [5, 5.41) is 12.4. The smallest absolute Gasteiger partial charge is 0.0582 e. The van der Waals surface area contributed by atoms with Gasteiger partial charge in [-0.15, -0.1) is 0 Å². The Bertz CT molecular complexity index is 127. The molecule has 0 heterocycles. The van der Waals surface area contributed by atoms with Crippen molar-refractivity contribution in [2.45, 2.75) is 51.6 Å². The monoisotopic (exact) mass is 171 g/mol. The summed E-state index contributed by atoms with van der Waals surface area (Å²) >= 11 is 0. The molecule has 1 aliphatic carbocycles. The van der Waals surface area contributed by atoms with Crippen molar-refractivity contribution in [3.63, 3.8) is 0 Å². The summed E-state index contributed by atoms with van der Waals surface area (Å²) in [5.74, 6) is 0.785. The Balaban J connectivity index is 2.28. The van der Waals surface area contributed by atoms with Crippen LogP contribution in [0.3, 0.4) is 0 Å². The highest BCUT2D eigenvalue weighted by Crippen LogP contribution is 2.23. The Morgan fingerprint density at radius 1 is 1.42 bits per heavy atom. The summed E-state index contributed by atoms with van der Waals surface area (Å²) in [5.41, 5.74) is 0. The van der Waals surface area contributed by atoms with E-state index < -0.39 is 0 Å². The summed E-state index contributed by atoms with van der Waals surface area (Å²) < 4.78 is 0. The fraction of sp³-hybridized carbons (Fsp3) is 1.00. The lowest BCUT2D eigenvalue weighted by atomic mass is 9.85. The molecule has 0 aliphatic heterocycles. The standard InChI is InChI=1S/C10H21NO/c1-8-5-3-4-6-10(8)11-9(2)7-12/h8-12H,3-7H2,1-2H3/t8?,9-,10?/m1/s1. The van der Waals surface area contributed by atoms with E-state index in [1.54, 1.807) is 0 Å².